The maximum Gasteiger partial charge on any atom is 0.252 e. The van der Waals surface area contributed by atoms with Gasteiger partial charge in [-0.2, -0.15) is 4.31 Å². The Labute approximate surface area is 204 Å². The molecule has 0 radical (unpaired) electrons. The molecule has 0 N–H and O–H groups in total. The first-order valence-electron chi connectivity index (χ1n) is 10.4. The molecule has 4 heterocycles. The molecular formula is C22H20ClN3O4S3. The summed E-state index contributed by atoms with van der Waals surface area (Å²) in [6.45, 7) is 0.729. The van der Waals surface area contributed by atoms with Gasteiger partial charge in [-0.25, -0.2) is 13.4 Å². The van der Waals surface area contributed by atoms with E-state index in [-0.39, 0.29) is 23.2 Å². The van der Waals surface area contributed by atoms with Crippen LogP contribution in [-0.2, 0) is 21.4 Å². The number of hydrogen-bond donors (Lipinski definition) is 0. The molecule has 1 unspecified atom stereocenters. The minimum Gasteiger partial charge on any atom is -0.467 e. The van der Waals surface area contributed by atoms with Gasteiger partial charge in [-0.3, -0.25) is 9.69 Å². The highest BCUT2D eigenvalue weighted by Crippen LogP contribution is 2.34. The summed E-state index contributed by atoms with van der Waals surface area (Å²) in [5.74, 6) is -0.00313. The zero-order valence-electron chi connectivity index (χ0n) is 17.4. The van der Waals surface area contributed by atoms with Gasteiger partial charge in [0.1, 0.15) is 9.97 Å². The van der Waals surface area contributed by atoms with Crippen LogP contribution in [0.25, 0.3) is 10.2 Å². The first-order valence-corrected chi connectivity index (χ1v) is 13.8. The maximum absolute atomic E-state index is 13.7. The first kappa shape index (κ1) is 22.5. The van der Waals surface area contributed by atoms with Gasteiger partial charge >= 0.3 is 0 Å². The van der Waals surface area contributed by atoms with Gasteiger partial charge in [0.25, 0.3) is 10.0 Å². The Balaban J connectivity index is 1.43. The third-order valence-electron chi connectivity index (χ3n) is 5.55. The number of carbonyl (C=O) groups is 1. The highest BCUT2D eigenvalue weighted by atomic mass is 35.5. The van der Waals surface area contributed by atoms with Crippen molar-refractivity contribution in [2.24, 2.45) is 5.92 Å². The minimum absolute atomic E-state index is 0.121. The summed E-state index contributed by atoms with van der Waals surface area (Å²) < 4.78 is 34.7. The predicted octanol–water partition coefficient (Wildman–Crippen LogP) is 5.24. The molecule has 7 nitrogen and oxygen atoms in total. The van der Waals surface area contributed by atoms with Crippen molar-refractivity contribution in [3.05, 3.63) is 64.9 Å². The van der Waals surface area contributed by atoms with E-state index in [9.17, 15) is 13.2 Å². The number of thiophene rings is 1. The molecule has 1 aliphatic rings. The van der Waals surface area contributed by atoms with E-state index in [1.165, 1.54) is 21.7 Å². The lowest BCUT2D eigenvalue weighted by molar-refractivity contribution is -0.123. The number of sulfonamides is 1. The molecular weight excluding hydrogens is 502 g/mol. The number of furan rings is 1. The Morgan fingerprint density at radius 1 is 1.18 bits per heavy atom. The molecule has 0 aliphatic carbocycles. The van der Waals surface area contributed by atoms with Gasteiger partial charge in [-0.1, -0.05) is 35.1 Å². The standard InChI is InChI=1S/C22H20ClN3O4S3/c23-19-9-10-20(32-19)33(28,29)25-11-3-5-15(13-25)21(27)26(14-16-6-4-12-30-16)22-24-17-7-1-2-8-18(17)31-22/h1-2,4,6-10,12,15H,3,5,11,13-14H2. The van der Waals surface area contributed by atoms with E-state index >= 15 is 0 Å². The Hall–Kier alpha value is -2.24. The molecule has 5 rings (SSSR count). The van der Waals surface area contributed by atoms with E-state index in [0.717, 1.165) is 21.6 Å². The van der Waals surface area contributed by atoms with Crippen molar-refractivity contribution in [2.75, 3.05) is 18.0 Å². The molecule has 172 valence electrons. The number of aromatic nitrogens is 1. The summed E-state index contributed by atoms with van der Waals surface area (Å²) in [7, 11) is -3.70. The average Bonchev–Trinajstić information content (AvgIpc) is 3.57. The molecule has 1 aliphatic heterocycles. The zero-order valence-corrected chi connectivity index (χ0v) is 20.6. The van der Waals surface area contributed by atoms with Crippen molar-refractivity contribution in [1.82, 2.24) is 9.29 Å². The van der Waals surface area contributed by atoms with Crippen molar-refractivity contribution < 1.29 is 17.6 Å². The lowest BCUT2D eigenvalue weighted by atomic mass is 9.98. The van der Waals surface area contributed by atoms with Crippen LogP contribution in [0.2, 0.25) is 4.34 Å². The molecule has 0 spiro atoms. The molecule has 3 aromatic heterocycles. The van der Waals surface area contributed by atoms with Crippen LogP contribution in [-0.4, -0.2) is 36.7 Å². The number of para-hydroxylation sites is 1. The zero-order chi connectivity index (χ0) is 23.0. The van der Waals surface area contributed by atoms with Crippen LogP contribution in [0.1, 0.15) is 18.6 Å². The normalized spacial score (nSPS) is 17.4. The lowest BCUT2D eigenvalue weighted by Crippen LogP contribution is -2.46. The highest BCUT2D eigenvalue weighted by Gasteiger charge is 2.37. The van der Waals surface area contributed by atoms with Gasteiger partial charge in [0.2, 0.25) is 5.91 Å². The number of piperidine rings is 1. The fourth-order valence-corrected chi connectivity index (χ4v) is 8.05. The fraction of sp³-hybridized carbons (Fsp3) is 0.273. The molecule has 1 fully saturated rings. The first-order chi connectivity index (χ1) is 15.9. The van der Waals surface area contributed by atoms with Crippen LogP contribution in [0, 0.1) is 5.92 Å². The topological polar surface area (TPSA) is 83.7 Å². The van der Waals surface area contributed by atoms with Gasteiger partial charge in [-0.15, -0.1) is 11.3 Å². The average molecular weight is 522 g/mol. The molecule has 0 saturated carbocycles. The summed E-state index contributed by atoms with van der Waals surface area (Å²) in [6.07, 6.45) is 2.77. The number of amides is 1. The summed E-state index contributed by atoms with van der Waals surface area (Å²) >= 11 is 8.41. The van der Waals surface area contributed by atoms with Crippen LogP contribution in [0.15, 0.2) is 63.4 Å². The van der Waals surface area contributed by atoms with Crippen LogP contribution in [0.3, 0.4) is 0 Å². The number of rotatable bonds is 6. The number of hydrogen-bond acceptors (Lipinski definition) is 7. The van der Waals surface area contributed by atoms with Gasteiger partial charge in [0, 0.05) is 13.1 Å². The lowest BCUT2D eigenvalue weighted by Gasteiger charge is -2.33. The third-order valence-corrected chi connectivity index (χ3v) is 10.2. The van der Waals surface area contributed by atoms with Crippen molar-refractivity contribution in [2.45, 2.75) is 23.6 Å². The van der Waals surface area contributed by atoms with Crippen LogP contribution in [0.4, 0.5) is 5.13 Å². The molecule has 11 heteroatoms. The number of halogens is 1. The molecule has 1 atom stereocenters. The smallest absolute Gasteiger partial charge is 0.252 e. The van der Waals surface area contributed by atoms with Gasteiger partial charge in [0.05, 0.1) is 33.3 Å². The second-order valence-electron chi connectivity index (χ2n) is 7.73. The fourth-order valence-electron chi connectivity index (χ4n) is 3.92. The number of carbonyl (C=O) groups excluding carboxylic acids is 1. The summed E-state index contributed by atoms with van der Waals surface area (Å²) in [5, 5.41) is 0.572. The monoisotopic (exact) mass is 521 g/mol. The molecule has 1 aromatic carbocycles. The molecule has 33 heavy (non-hydrogen) atoms. The van der Waals surface area contributed by atoms with Crippen molar-refractivity contribution in [1.29, 1.82) is 0 Å². The van der Waals surface area contributed by atoms with E-state index in [2.05, 4.69) is 4.98 Å². The highest BCUT2D eigenvalue weighted by molar-refractivity contribution is 7.91. The number of benzene rings is 1. The largest absolute Gasteiger partial charge is 0.467 e. The summed E-state index contributed by atoms with van der Waals surface area (Å²) in [5.41, 5.74) is 0.817. The summed E-state index contributed by atoms with van der Waals surface area (Å²) in [6, 6.07) is 14.4. The van der Waals surface area contributed by atoms with Crippen molar-refractivity contribution in [3.63, 3.8) is 0 Å². The predicted molar refractivity (Wildman–Crippen MR) is 130 cm³/mol. The van der Waals surface area contributed by atoms with E-state index in [4.69, 9.17) is 16.0 Å². The third kappa shape index (κ3) is 4.58. The SMILES string of the molecule is O=C(C1CCCN(S(=O)(=O)c2ccc(Cl)s2)C1)N(Cc1ccco1)c1nc2ccccc2s1. The Kier molecular flexibility index (Phi) is 6.28. The Bertz CT molecular complexity index is 1350. The van der Waals surface area contributed by atoms with Crippen molar-refractivity contribution in [3.8, 4) is 0 Å². The van der Waals surface area contributed by atoms with Crippen LogP contribution < -0.4 is 4.90 Å². The molecule has 4 aromatic rings. The molecule has 1 amide bonds. The number of thiazole rings is 1. The van der Waals surface area contributed by atoms with Gasteiger partial charge < -0.3 is 4.42 Å². The second kappa shape index (κ2) is 9.19. The number of anilines is 1. The van der Waals surface area contributed by atoms with E-state index in [0.29, 0.717) is 34.6 Å². The Morgan fingerprint density at radius 3 is 2.76 bits per heavy atom. The second-order valence-corrected chi connectivity index (χ2v) is 12.6. The molecule has 1 saturated heterocycles. The minimum atomic E-state index is -3.70. The van der Waals surface area contributed by atoms with E-state index in [1.54, 1.807) is 23.3 Å². The van der Waals surface area contributed by atoms with E-state index in [1.807, 2.05) is 30.3 Å². The van der Waals surface area contributed by atoms with Crippen LogP contribution >= 0.6 is 34.3 Å². The van der Waals surface area contributed by atoms with Crippen LogP contribution in [0.5, 0.6) is 0 Å². The maximum atomic E-state index is 13.7. The summed E-state index contributed by atoms with van der Waals surface area (Å²) in [4.78, 5) is 20.0. The number of fused-ring (bicyclic) bond motifs is 1. The number of nitrogens with zero attached hydrogens (tertiary/aromatic N) is 3. The quantitative estimate of drug-likeness (QED) is 0.346. The Morgan fingerprint density at radius 2 is 2.03 bits per heavy atom. The van der Waals surface area contributed by atoms with Gasteiger partial charge in [-0.05, 0) is 49.2 Å². The van der Waals surface area contributed by atoms with E-state index < -0.39 is 15.9 Å². The molecule has 0 bridgehead atoms. The van der Waals surface area contributed by atoms with Gasteiger partial charge in [0.15, 0.2) is 5.13 Å². The van der Waals surface area contributed by atoms with Crippen molar-refractivity contribution >= 4 is 65.6 Å².